The molecule has 1 atom stereocenters. The third-order valence-electron chi connectivity index (χ3n) is 5.75. The molecule has 3 aromatic rings. The smallest absolute Gasteiger partial charge is 0.251 e. The highest BCUT2D eigenvalue weighted by atomic mass is 35.5. The van der Waals surface area contributed by atoms with E-state index >= 15 is 0 Å². The summed E-state index contributed by atoms with van der Waals surface area (Å²) in [5, 5.41) is 15.0. The van der Waals surface area contributed by atoms with Crippen LogP contribution in [0, 0.1) is 0 Å². The van der Waals surface area contributed by atoms with E-state index in [1.54, 1.807) is 12.1 Å². The number of aryl methyl sites for hydroxylation is 1. The highest BCUT2D eigenvalue weighted by Gasteiger charge is 2.18. The lowest BCUT2D eigenvalue weighted by atomic mass is 10.0. The summed E-state index contributed by atoms with van der Waals surface area (Å²) >= 11 is 6.29. The molecule has 9 nitrogen and oxygen atoms in total. The van der Waals surface area contributed by atoms with Gasteiger partial charge in [-0.15, -0.1) is 0 Å². The number of aliphatic hydroxyl groups excluding tert-OH is 1. The van der Waals surface area contributed by atoms with Gasteiger partial charge in [0, 0.05) is 37.3 Å². The minimum absolute atomic E-state index is 0.0587. The molecule has 0 spiro atoms. The Balaban J connectivity index is 1.75. The van der Waals surface area contributed by atoms with Crippen molar-refractivity contribution in [3.8, 4) is 17.0 Å². The van der Waals surface area contributed by atoms with Crippen molar-refractivity contribution in [3.63, 3.8) is 0 Å². The molecule has 1 aromatic heterocycles. The Hall–Kier alpha value is -3.69. The molecule has 2 amide bonds. The van der Waals surface area contributed by atoms with E-state index in [0.29, 0.717) is 40.8 Å². The van der Waals surface area contributed by atoms with Gasteiger partial charge in [-0.1, -0.05) is 35.9 Å². The van der Waals surface area contributed by atoms with E-state index in [2.05, 4.69) is 15.6 Å². The summed E-state index contributed by atoms with van der Waals surface area (Å²) in [4.78, 5) is 41.0. The van der Waals surface area contributed by atoms with E-state index in [0.717, 1.165) is 11.1 Å². The topological polar surface area (TPSA) is 123 Å². The summed E-state index contributed by atoms with van der Waals surface area (Å²) < 4.78 is 7.44. The first-order chi connectivity index (χ1) is 18.1. The van der Waals surface area contributed by atoms with E-state index < -0.39 is 18.6 Å². The molecule has 0 fully saturated rings. The fraction of sp³-hybridized carbons (Fsp3) is 0.357. The van der Waals surface area contributed by atoms with Crippen LogP contribution in [0.3, 0.4) is 0 Å². The molecule has 10 heteroatoms. The first kappa shape index (κ1) is 28.9. The second-order valence-electron chi connectivity index (χ2n) is 9.14. The molecule has 202 valence electrons. The fourth-order valence-corrected chi connectivity index (χ4v) is 4.13. The van der Waals surface area contributed by atoms with Gasteiger partial charge in [0.2, 0.25) is 5.91 Å². The SMILES string of the molecule is CCn1cc(-c2ccc(CC(CNC(=O)CO)NC(=O)c3ccc(OC(C)C)c(Cl)c3)cc2)nc1C(C)=O. The first-order valence-electron chi connectivity index (χ1n) is 12.4. The van der Waals surface area contributed by atoms with Crippen LogP contribution in [-0.2, 0) is 17.8 Å². The van der Waals surface area contributed by atoms with Crippen LogP contribution in [0.2, 0.25) is 5.02 Å². The molecular formula is C28H33ClN4O5. The van der Waals surface area contributed by atoms with Gasteiger partial charge in [-0.2, -0.15) is 0 Å². The molecule has 0 saturated carbocycles. The van der Waals surface area contributed by atoms with Crippen LogP contribution in [0.1, 0.15) is 54.2 Å². The molecule has 0 radical (unpaired) electrons. The molecule has 1 unspecified atom stereocenters. The van der Waals surface area contributed by atoms with E-state index in [1.165, 1.54) is 13.0 Å². The number of hydrogen-bond acceptors (Lipinski definition) is 6. The fourth-order valence-electron chi connectivity index (χ4n) is 3.90. The number of benzene rings is 2. The van der Waals surface area contributed by atoms with E-state index in [9.17, 15) is 14.4 Å². The highest BCUT2D eigenvalue weighted by molar-refractivity contribution is 6.32. The molecule has 0 aliphatic heterocycles. The van der Waals surface area contributed by atoms with Crippen molar-refractivity contribution in [3.05, 3.63) is 70.6 Å². The third kappa shape index (κ3) is 7.66. The van der Waals surface area contributed by atoms with Crippen molar-refractivity contribution in [2.24, 2.45) is 0 Å². The summed E-state index contributed by atoms with van der Waals surface area (Å²) in [5.74, 6) is -0.0842. The lowest BCUT2D eigenvalue weighted by Crippen LogP contribution is -2.45. The standard InChI is InChI=1S/C28H33ClN4O5/c1-5-33-15-24(32-27(33)18(4)35)20-8-6-19(7-9-20)12-22(14-30-26(36)16-34)31-28(37)21-10-11-25(23(29)13-21)38-17(2)3/h6-11,13,15,17,22,34H,5,12,14,16H2,1-4H3,(H,30,36)(H,31,37). The molecule has 1 heterocycles. The Morgan fingerprint density at radius 1 is 1.13 bits per heavy atom. The summed E-state index contributed by atoms with van der Waals surface area (Å²) in [6.07, 6.45) is 2.21. The van der Waals surface area contributed by atoms with Gasteiger partial charge in [-0.25, -0.2) is 4.98 Å². The summed E-state index contributed by atoms with van der Waals surface area (Å²) in [6, 6.07) is 12.0. The minimum atomic E-state index is -0.644. The second kappa shape index (κ2) is 13.2. The highest BCUT2D eigenvalue weighted by Crippen LogP contribution is 2.26. The zero-order chi connectivity index (χ0) is 27.8. The van der Waals surface area contributed by atoms with E-state index in [4.69, 9.17) is 21.4 Å². The number of hydrogen-bond donors (Lipinski definition) is 3. The number of nitrogens with zero attached hydrogens (tertiary/aromatic N) is 2. The molecule has 0 aliphatic rings. The van der Waals surface area contributed by atoms with Gasteiger partial charge in [0.25, 0.3) is 5.91 Å². The van der Waals surface area contributed by atoms with E-state index in [1.807, 2.05) is 55.8 Å². The Labute approximate surface area is 227 Å². The number of rotatable bonds is 12. The Morgan fingerprint density at radius 2 is 1.84 bits per heavy atom. The zero-order valence-corrected chi connectivity index (χ0v) is 22.7. The number of Topliss-reactive ketones (excluding diaryl/α,β-unsaturated/α-hetero) is 1. The molecule has 3 rings (SSSR count). The minimum Gasteiger partial charge on any atom is -0.489 e. The lowest BCUT2D eigenvalue weighted by Gasteiger charge is -2.20. The van der Waals surface area contributed by atoms with Crippen LogP contribution < -0.4 is 15.4 Å². The quantitative estimate of drug-likeness (QED) is 0.301. The maximum atomic E-state index is 13.0. The number of ketones is 1. The number of ether oxygens (including phenoxy) is 1. The molecule has 0 bridgehead atoms. The number of amides is 2. The summed E-state index contributed by atoms with van der Waals surface area (Å²) in [5.41, 5.74) is 2.83. The van der Waals surface area contributed by atoms with Crippen LogP contribution in [0.4, 0.5) is 0 Å². The van der Waals surface area contributed by atoms with Gasteiger partial charge in [-0.3, -0.25) is 14.4 Å². The predicted octanol–water partition coefficient (Wildman–Crippen LogP) is 3.66. The molecule has 2 aromatic carbocycles. The second-order valence-corrected chi connectivity index (χ2v) is 9.54. The third-order valence-corrected chi connectivity index (χ3v) is 6.04. The van der Waals surface area contributed by atoms with Gasteiger partial charge in [0.05, 0.1) is 22.9 Å². The number of aromatic nitrogens is 2. The predicted molar refractivity (Wildman–Crippen MR) is 146 cm³/mol. The molecule has 3 N–H and O–H groups in total. The van der Waals surface area contributed by atoms with E-state index in [-0.39, 0.29) is 24.3 Å². The maximum absolute atomic E-state index is 13.0. The van der Waals surface area contributed by atoms with Crippen LogP contribution in [-0.4, -0.2) is 57.6 Å². The van der Waals surface area contributed by atoms with Crippen LogP contribution >= 0.6 is 11.6 Å². The van der Waals surface area contributed by atoms with Crippen molar-refractivity contribution in [1.29, 1.82) is 0 Å². The molecule has 0 aliphatic carbocycles. The van der Waals surface area contributed by atoms with Gasteiger partial charge < -0.3 is 25.0 Å². The van der Waals surface area contributed by atoms with Crippen molar-refractivity contribution in [2.75, 3.05) is 13.2 Å². The number of carbonyl (C=O) groups is 3. The lowest BCUT2D eigenvalue weighted by molar-refractivity contribution is -0.123. The average Bonchev–Trinajstić information content (AvgIpc) is 3.33. The molecular weight excluding hydrogens is 508 g/mol. The number of aliphatic hydroxyl groups is 1. The van der Waals surface area contributed by atoms with Gasteiger partial charge in [-0.05, 0) is 51.0 Å². The largest absolute Gasteiger partial charge is 0.489 e. The normalized spacial score (nSPS) is 11.8. The summed E-state index contributed by atoms with van der Waals surface area (Å²) in [6.45, 7) is 7.33. The Morgan fingerprint density at radius 3 is 2.39 bits per heavy atom. The Bertz CT molecular complexity index is 1290. The molecule has 38 heavy (non-hydrogen) atoms. The van der Waals surface area contributed by atoms with Crippen molar-refractivity contribution < 1.29 is 24.2 Å². The van der Waals surface area contributed by atoms with Gasteiger partial charge in [0.15, 0.2) is 11.6 Å². The molecule has 0 saturated heterocycles. The number of imidazole rings is 1. The van der Waals surface area contributed by atoms with Gasteiger partial charge >= 0.3 is 0 Å². The average molecular weight is 541 g/mol. The Kier molecular flexibility index (Phi) is 10.0. The van der Waals surface area contributed by atoms with Gasteiger partial charge in [0.1, 0.15) is 12.4 Å². The monoisotopic (exact) mass is 540 g/mol. The van der Waals surface area contributed by atoms with Crippen LogP contribution in [0.5, 0.6) is 5.75 Å². The maximum Gasteiger partial charge on any atom is 0.251 e. The zero-order valence-electron chi connectivity index (χ0n) is 22.0. The number of nitrogens with one attached hydrogen (secondary N) is 2. The number of carbonyl (C=O) groups excluding carboxylic acids is 3. The van der Waals surface area contributed by atoms with Crippen molar-refractivity contribution in [1.82, 2.24) is 20.2 Å². The van der Waals surface area contributed by atoms with Crippen molar-refractivity contribution in [2.45, 2.75) is 52.8 Å². The van der Waals surface area contributed by atoms with Crippen LogP contribution in [0.25, 0.3) is 11.3 Å². The summed E-state index contributed by atoms with van der Waals surface area (Å²) in [7, 11) is 0. The number of halogens is 1. The van der Waals surface area contributed by atoms with Crippen molar-refractivity contribution >= 4 is 29.2 Å². The first-order valence-corrected chi connectivity index (χ1v) is 12.8. The van der Waals surface area contributed by atoms with Crippen LogP contribution in [0.15, 0.2) is 48.7 Å².